The molecule has 1 atom stereocenters. The number of ether oxygens (including phenoxy) is 2. The summed E-state index contributed by atoms with van der Waals surface area (Å²) >= 11 is 3.43. The molecule has 1 aromatic carbocycles. The van der Waals surface area contributed by atoms with Crippen LogP contribution in [0.25, 0.3) is 0 Å². The summed E-state index contributed by atoms with van der Waals surface area (Å²) in [6.07, 6.45) is 1.71. The number of rotatable bonds is 5. The number of hydrogen-bond donors (Lipinski definition) is 1. The van der Waals surface area contributed by atoms with Crippen molar-refractivity contribution in [3.8, 4) is 17.2 Å². The van der Waals surface area contributed by atoms with E-state index in [0.717, 1.165) is 10.2 Å². The van der Waals surface area contributed by atoms with Gasteiger partial charge in [0, 0.05) is 0 Å². The van der Waals surface area contributed by atoms with Crippen molar-refractivity contribution in [2.24, 2.45) is 0 Å². The van der Waals surface area contributed by atoms with Crippen molar-refractivity contribution in [2.75, 3.05) is 7.11 Å². The van der Waals surface area contributed by atoms with Crippen LogP contribution in [0.4, 0.5) is 0 Å². The predicted molar refractivity (Wildman–Crippen MR) is 80.3 cm³/mol. The molecule has 0 aliphatic rings. The zero-order chi connectivity index (χ0) is 14.5. The standard InChI is InChI=1S/C15H16BrNO3/c1-3-14(18)13-6-4-11(9-17-13)20-15-7-5-10(19-2)8-12(15)16/h4-9,14,18H,3H2,1-2H3/t14-/m1/s1. The van der Waals surface area contributed by atoms with Crippen LogP contribution >= 0.6 is 15.9 Å². The quantitative estimate of drug-likeness (QED) is 0.892. The van der Waals surface area contributed by atoms with E-state index in [-0.39, 0.29) is 0 Å². The summed E-state index contributed by atoms with van der Waals surface area (Å²) in [5.41, 5.74) is 0.647. The highest BCUT2D eigenvalue weighted by Gasteiger charge is 2.08. The highest BCUT2D eigenvalue weighted by molar-refractivity contribution is 9.10. The highest BCUT2D eigenvalue weighted by atomic mass is 79.9. The topological polar surface area (TPSA) is 51.6 Å². The molecule has 106 valence electrons. The lowest BCUT2D eigenvalue weighted by atomic mass is 10.2. The molecular weight excluding hydrogens is 322 g/mol. The fourth-order valence-electron chi connectivity index (χ4n) is 1.68. The Morgan fingerprint density at radius 3 is 2.55 bits per heavy atom. The van der Waals surface area contributed by atoms with Gasteiger partial charge in [-0.2, -0.15) is 0 Å². The second kappa shape index (κ2) is 6.72. The van der Waals surface area contributed by atoms with E-state index < -0.39 is 6.10 Å². The molecule has 2 aromatic rings. The Balaban J connectivity index is 2.14. The largest absolute Gasteiger partial charge is 0.497 e. The van der Waals surface area contributed by atoms with E-state index in [1.54, 1.807) is 25.4 Å². The van der Waals surface area contributed by atoms with Gasteiger partial charge in [0.1, 0.15) is 17.2 Å². The Morgan fingerprint density at radius 1 is 1.25 bits per heavy atom. The zero-order valence-corrected chi connectivity index (χ0v) is 12.9. The summed E-state index contributed by atoms with van der Waals surface area (Å²) in [5, 5.41) is 9.69. The van der Waals surface area contributed by atoms with E-state index in [0.29, 0.717) is 23.6 Å². The molecule has 5 heteroatoms. The van der Waals surface area contributed by atoms with Crippen molar-refractivity contribution in [1.82, 2.24) is 4.98 Å². The van der Waals surface area contributed by atoms with Crippen molar-refractivity contribution in [2.45, 2.75) is 19.4 Å². The van der Waals surface area contributed by atoms with Gasteiger partial charge >= 0.3 is 0 Å². The first-order chi connectivity index (χ1) is 9.63. The van der Waals surface area contributed by atoms with Gasteiger partial charge in [0.15, 0.2) is 0 Å². The minimum Gasteiger partial charge on any atom is -0.497 e. The van der Waals surface area contributed by atoms with Crippen LogP contribution in [-0.2, 0) is 0 Å². The number of aromatic nitrogens is 1. The van der Waals surface area contributed by atoms with Gasteiger partial charge in [-0.3, -0.25) is 4.98 Å². The Morgan fingerprint density at radius 2 is 2.00 bits per heavy atom. The average Bonchev–Trinajstić information content (AvgIpc) is 2.49. The fraction of sp³-hybridized carbons (Fsp3) is 0.267. The van der Waals surface area contributed by atoms with Crippen LogP contribution in [0.2, 0.25) is 0 Å². The van der Waals surface area contributed by atoms with Crippen molar-refractivity contribution in [3.05, 3.63) is 46.7 Å². The summed E-state index contributed by atoms with van der Waals surface area (Å²) in [5.74, 6) is 2.04. The van der Waals surface area contributed by atoms with Crippen LogP contribution < -0.4 is 9.47 Å². The lowest BCUT2D eigenvalue weighted by Gasteiger charge is -2.10. The minimum absolute atomic E-state index is 0.531. The summed E-state index contributed by atoms with van der Waals surface area (Å²) in [6, 6.07) is 9.03. The molecule has 0 spiro atoms. The lowest BCUT2D eigenvalue weighted by Crippen LogP contribution is -1.98. The smallest absolute Gasteiger partial charge is 0.145 e. The normalized spacial score (nSPS) is 12.0. The monoisotopic (exact) mass is 337 g/mol. The molecule has 0 saturated heterocycles. The molecule has 0 amide bonds. The number of hydrogen-bond acceptors (Lipinski definition) is 4. The van der Waals surface area contributed by atoms with Gasteiger partial charge in [-0.05, 0) is 52.7 Å². The van der Waals surface area contributed by atoms with Gasteiger partial charge in [-0.1, -0.05) is 6.92 Å². The molecule has 0 aliphatic heterocycles. The Kier molecular flexibility index (Phi) is 4.98. The van der Waals surface area contributed by atoms with Crippen LogP contribution in [0, 0.1) is 0 Å². The molecule has 20 heavy (non-hydrogen) atoms. The predicted octanol–water partition coefficient (Wildman–Crippen LogP) is 4.09. The summed E-state index contributed by atoms with van der Waals surface area (Å²) in [7, 11) is 1.62. The molecule has 0 aliphatic carbocycles. The third-order valence-electron chi connectivity index (χ3n) is 2.85. The SMILES string of the molecule is CC[C@@H](O)c1ccc(Oc2ccc(OC)cc2Br)cn1. The number of nitrogens with zero attached hydrogens (tertiary/aromatic N) is 1. The van der Waals surface area contributed by atoms with E-state index in [4.69, 9.17) is 9.47 Å². The van der Waals surface area contributed by atoms with Gasteiger partial charge in [0.25, 0.3) is 0 Å². The molecule has 4 nitrogen and oxygen atoms in total. The molecule has 1 aromatic heterocycles. The molecule has 0 fully saturated rings. The molecule has 1 heterocycles. The molecule has 0 radical (unpaired) electrons. The van der Waals surface area contributed by atoms with Crippen molar-refractivity contribution < 1.29 is 14.6 Å². The van der Waals surface area contributed by atoms with Gasteiger partial charge in [0.05, 0.1) is 29.6 Å². The van der Waals surface area contributed by atoms with E-state index in [1.165, 1.54) is 0 Å². The van der Waals surface area contributed by atoms with E-state index in [2.05, 4.69) is 20.9 Å². The second-order valence-electron chi connectivity index (χ2n) is 4.24. The maximum atomic E-state index is 9.69. The van der Waals surface area contributed by atoms with Gasteiger partial charge in [0.2, 0.25) is 0 Å². The molecule has 0 bridgehead atoms. The summed E-state index contributed by atoms with van der Waals surface area (Å²) in [6.45, 7) is 1.91. The minimum atomic E-state index is -0.531. The van der Waals surface area contributed by atoms with Crippen molar-refractivity contribution >= 4 is 15.9 Å². The molecule has 2 rings (SSSR count). The summed E-state index contributed by atoms with van der Waals surface area (Å²) in [4.78, 5) is 4.19. The Labute approximate surface area is 126 Å². The Bertz CT molecular complexity index is 572. The first-order valence-electron chi connectivity index (χ1n) is 6.29. The number of halogens is 1. The van der Waals surface area contributed by atoms with E-state index in [9.17, 15) is 5.11 Å². The number of benzene rings is 1. The zero-order valence-electron chi connectivity index (χ0n) is 11.3. The average molecular weight is 338 g/mol. The van der Waals surface area contributed by atoms with Crippen LogP contribution in [-0.4, -0.2) is 17.2 Å². The van der Waals surface area contributed by atoms with Crippen molar-refractivity contribution in [1.29, 1.82) is 0 Å². The number of aliphatic hydroxyl groups is 1. The Hall–Kier alpha value is -1.59. The van der Waals surface area contributed by atoms with E-state index >= 15 is 0 Å². The van der Waals surface area contributed by atoms with Crippen LogP contribution in [0.3, 0.4) is 0 Å². The summed E-state index contributed by atoms with van der Waals surface area (Å²) < 4.78 is 11.7. The van der Waals surface area contributed by atoms with Crippen LogP contribution in [0.1, 0.15) is 25.1 Å². The number of aliphatic hydroxyl groups excluding tert-OH is 1. The maximum absolute atomic E-state index is 9.69. The number of pyridine rings is 1. The van der Waals surface area contributed by atoms with Gasteiger partial charge < -0.3 is 14.6 Å². The molecule has 0 saturated carbocycles. The van der Waals surface area contributed by atoms with E-state index in [1.807, 2.05) is 25.1 Å². The van der Waals surface area contributed by atoms with Crippen LogP contribution in [0.15, 0.2) is 41.0 Å². The third-order valence-corrected chi connectivity index (χ3v) is 3.47. The van der Waals surface area contributed by atoms with Gasteiger partial charge in [-0.15, -0.1) is 0 Å². The first-order valence-corrected chi connectivity index (χ1v) is 7.08. The number of methoxy groups -OCH3 is 1. The third kappa shape index (κ3) is 3.49. The fourth-order valence-corrected chi connectivity index (χ4v) is 2.12. The second-order valence-corrected chi connectivity index (χ2v) is 5.10. The first kappa shape index (κ1) is 14.8. The maximum Gasteiger partial charge on any atom is 0.145 e. The highest BCUT2D eigenvalue weighted by Crippen LogP contribution is 2.32. The van der Waals surface area contributed by atoms with Crippen molar-refractivity contribution in [3.63, 3.8) is 0 Å². The molecular formula is C15H16BrNO3. The molecule has 1 N–H and O–H groups in total. The lowest BCUT2D eigenvalue weighted by molar-refractivity contribution is 0.169. The van der Waals surface area contributed by atoms with Gasteiger partial charge in [-0.25, -0.2) is 0 Å². The van der Waals surface area contributed by atoms with Crippen LogP contribution in [0.5, 0.6) is 17.2 Å². The molecule has 0 unspecified atom stereocenters.